The van der Waals surface area contributed by atoms with Gasteiger partial charge in [-0.05, 0) is 12.3 Å². The zero-order chi connectivity index (χ0) is 11.4. The second kappa shape index (κ2) is 6.01. The van der Waals surface area contributed by atoms with Crippen LogP contribution in [0.5, 0.6) is 0 Å². The lowest BCUT2D eigenvalue weighted by Gasteiger charge is -2.15. The summed E-state index contributed by atoms with van der Waals surface area (Å²) in [5, 5.41) is 0. The van der Waals surface area contributed by atoms with Crippen molar-refractivity contribution in [3.8, 4) is 0 Å². The van der Waals surface area contributed by atoms with Gasteiger partial charge >= 0.3 is 5.97 Å². The van der Waals surface area contributed by atoms with Crippen molar-refractivity contribution in [2.24, 2.45) is 11.7 Å². The molecule has 0 aliphatic rings. The van der Waals surface area contributed by atoms with Crippen LogP contribution in [0.2, 0.25) is 0 Å². The minimum atomic E-state index is -1.58. The minimum absolute atomic E-state index is 0.276. The summed E-state index contributed by atoms with van der Waals surface area (Å²) in [6, 6.07) is -0.651. The van der Waals surface area contributed by atoms with Gasteiger partial charge in [0.2, 0.25) is 3.79 Å². The Bertz CT molecular complexity index is 192. The van der Waals surface area contributed by atoms with Crippen LogP contribution < -0.4 is 5.73 Å². The number of nitrogens with two attached hydrogens (primary N) is 1. The van der Waals surface area contributed by atoms with Gasteiger partial charge in [0.25, 0.3) is 0 Å². The van der Waals surface area contributed by atoms with Crippen LogP contribution in [0, 0.1) is 5.92 Å². The summed E-state index contributed by atoms with van der Waals surface area (Å²) in [6.45, 7) is 3.65. The number of alkyl halides is 3. The van der Waals surface area contributed by atoms with Crippen molar-refractivity contribution in [2.75, 3.05) is 6.61 Å². The number of hydrogen-bond acceptors (Lipinski definition) is 3. The summed E-state index contributed by atoms with van der Waals surface area (Å²) >= 11 is 16.2. The van der Waals surface area contributed by atoms with Crippen LogP contribution in [0.4, 0.5) is 0 Å². The molecule has 0 saturated heterocycles. The van der Waals surface area contributed by atoms with Gasteiger partial charge in [-0.3, -0.25) is 4.79 Å². The van der Waals surface area contributed by atoms with Gasteiger partial charge in [0.15, 0.2) is 0 Å². The van der Waals surface area contributed by atoms with Crippen molar-refractivity contribution in [1.29, 1.82) is 0 Å². The molecule has 0 spiro atoms. The molecule has 0 saturated carbocycles. The molecule has 0 radical (unpaired) electrons. The van der Waals surface area contributed by atoms with Crippen LogP contribution >= 0.6 is 34.8 Å². The van der Waals surface area contributed by atoms with E-state index < -0.39 is 15.8 Å². The van der Waals surface area contributed by atoms with E-state index in [1.54, 1.807) is 0 Å². The number of halogens is 3. The summed E-state index contributed by atoms with van der Waals surface area (Å²) in [6.07, 6.45) is 0.554. The molecule has 0 rings (SSSR count). The minimum Gasteiger partial charge on any atom is -0.460 e. The van der Waals surface area contributed by atoms with Crippen LogP contribution in [0.3, 0.4) is 0 Å². The Morgan fingerprint density at radius 2 is 1.93 bits per heavy atom. The fraction of sp³-hybridized carbons (Fsp3) is 0.875. The summed E-state index contributed by atoms with van der Waals surface area (Å²) < 4.78 is 3.13. The summed E-state index contributed by atoms with van der Waals surface area (Å²) in [7, 11) is 0. The van der Waals surface area contributed by atoms with Crippen LogP contribution in [0.1, 0.15) is 20.3 Å². The monoisotopic (exact) mass is 261 g/mol. The molecular formula is C8H14Cl3NO2. The van der Waals surface area contributed by atoms with E-state index in [2.05, 4.69) is 0 Å². The molecule has 0 fully saturated rings. The fourth-order valence-corrected chi connectivity index (χ4v) is 1.03. The first-order valence-electron chi connectivity index (χ1n) is 4.21. The third kappa shape index (κ3) is 7.68. The molecule has 1 atom stereocenters. The number of esters is 1. The number of ether oxygens (including phenoxy) is 1. The summed E-state index contributed by atoms with van der Waals surface area (Å²) in [5.41, 5.74) is 5.54. The largest absolute Gasteiger partial charge is 0.460 e. The van der Waals surface area contributed by atoms with E-state index in [1.807, 2.05) is 13.8 Å². The highest BCUT2D eigenvalue weighted by molar-refractivity contribution is 6.67. The van der Waals surface area contributed by atoms with Crippen molar-refractivity contribution in [3.63, 3.8) is 0 Å². The van der Waals surface area contributed by atoms with Gasteiger partial charge in [-0.1, -0.05) is 48.7 Å². The molecule has 6 heteroatoms. The van der Waals surface area contributed by atoms with Crippen LogP contribution in [0.15, 0.2) is 0 Å². The molecule has 84 valence electrons. The maximum Gasteiger partial charge on any atom is 0.323 e. The number of rotatable bonds is 4. The highest BCUT2D eigenvalue weighted by Crippen LogP contribution is 2.26. The van der Waals surface area contributed by atoms with Crippen molar-refractivity contribution < 1.29 is 9.53 Å². The first-order chi connectivity index (χ1) is 6.22. The van der Waals surface area contributed by atoms with Crippen molar-refractivity contribution in [1.82, 2.24) is 0 Å². The molecule has 0 bridgehead atoms. The Morgan fingerprint density at radius 1 is 1.43 bits per heavy atom. The summed E-state index contributed by atoms with van der Waals surface area (Å²) in [5.74, 6) is -0.213. The number of carbonyl (C=O) groups excluding carboxylic acids is 1. The van der Waals surface area contributed by atoms with E-state index in [9.17, 15) is 4.79 Å². The smallest absolute Gasteiger partial charge is 0.323 e. The number of carbonyl (C=O) groups is 1. The zero-order valence-electron chi connectivity index (χ0n) is 8.10. The van der Waals surface area contributed by atoms with Crippen molar-refractivity contribution in [3.05, 3.63) is 0 Å². The van der Waals surface area contributed by atoms with Crippen LogP contribution in [0.25, 0.3) is 0 Å². The lowest BCUT2D eigenvalue weighted by atomic mass is 10.1. The van der Waals surface area contributed by atoms with E-state index >= 15 is 0 Å². The van der Waals surface area contributed by atoms with E-state index in [0.717, 1.165) is 0 Å². The number of hydrogen-bond donors (Lipinski definition) is 1. The molecule has 3 nitrogen and oxygen atoms in total. The normalized spacial score (nSPS) is 14.2. The molecule has 0 aliphatic heterocycles. The lowest BCUT2D eigenvalue weighted by Crippen LogP contribution is -2.35. The first kappa shape index (κ1) is 14.3. The Balaban J connectivity index is 3.85. The van der Waals surface area contributed by atoms with E-state index in [0.29, 0.717) is 12.3 Å². The molecular weight excluding hydrogens is 248 g/mol. The summed E-state index contributed by atoms with van der Waals surface area (Å²) in [4.78, 5) is 11.2. The molecule has 0 unspecified atom stereocenters. The second-order valence-electron chi connectivity index (χ2n) is 3.46. The quantitative estimate of drug-likeness (QED) is 0.625. The topological polar surface area (TPSA) is 52.3 Å². The fourth-order valence-electron chi connectivity index (χ4n) is 0.864. The maximum atomic E-state index is 11.2. The van der Waals surface area contributed by atoms with Crippen molar-refractivity contribution >= 4 is 40.8 Å². The van der Waals surface area contributed by atoms with Crippen LogP contribution in [-0.2, 0) is 9.53 Å². The Hall–Kier alpha value is 0.300. The molecule has 0 aliphatic carbocycles. The SMILES string of the molecule is CC(C)C[C@@H](N)C(=O)OCC(Cl)(Cl)Cl. The van der Waals surface area contributed by atoms with E-state index in [4.69, 9.17) is 45.3 Å². The van der Waals surface area contributed by atoms with Crippen molar-refractivity contribution in [2.45, 2.75) is 30.1 Å². The van der Waals surface area contributed by atoms with E-state index in [1.165, 1.54) is 0 Å². The predicted molar refractivity (Wildman–Crippen MR) is 58.7 cm³/mol. The maximum absolute atomic E-state index is 11.2. The van der Waals surface area contributed by atoms with Gasteiger partial charge in [-0.2, -0.15) is 0 Å². The Labute approximate surface area is 98.8 Å². The Kier molecular flexibility index (Phi) is 6.14. The molecule has 0 heterocycles. The first-order valence-corrected chi connectivity index (χ1v) is 5.34. The van der Waals surface area contributed by atoms with Gasteiger partial charge in [-0.15, -0.1) is 0 Å². The highest BCUT2D eigenvalue weighted by Gasteiger charge is 2.24. The average molecular weight is 263 g/mol. The third-order valence-corrected chi connectivity index (χ3v) is 1.73. The standard InChI is InChI=1S/C8H14Cl3NO2/c1-5(2)3-6(12)7(13)14-4-8(9,10)11/h5-6H,3-4,12H2,1-2H3/t6-/m1/s1. The molecule has 14 heavy (non-hydrogen) atoms. The molecule has 0 aromatic rings. The van der Waals surface area contributed by atoms with Gasteiger partial charge in [-0.25, -0.2) is 0 Å². The highest BCUT2D eigenvalue weighted by atomic mass is 35.6. The van der Waals surface area contributed by atoms with Gasteiger partial charge in [0.05, 0.1) is 0 Å². The average Bonchev–Trinajstić information content (AvgIpc) is 1.97. The Morgan fingerprint density at radius 3 is 2.29 bits per heavy atom. The molecule has 0 aromatic carbocycles. The van der Waals surface area contributed by atoms with Gasteiger partial charge in [0, 0.05) is 0 Å². The second-order valence-corrected chi connectivity index (χ2v) is 5.97. The third-order valence-electron chi connectivity index (χ3n) is 1.41. The van der Waals surface area contributed by atoms with E-state index in [-0.39, 0.29) is 6.61 Å². The zero-order valence-corrected chi connectivity index (χ0v) is 10.4. The lowest BCUT2D eigenvalue weighted by molar-refractivity contribution is -0.145. The molecule has 2 N–H and O–H groups in total. The molecule has 0 aromatic heterocycles. The van der Waals surface area contributed by atoms with Gasteiger partial charge in [0.1, 0.15) is 12.6 Å². The predicted octanol–water partition coefficient (Wildman–Crippen LogP) is 2.27. The van der Waals surface area contributed by atoms with Crippen LogP contribution in [-0.4, -0.2) is 22.4 Å². The molecule has 0 amide bonds. The van der Waals surface area contributed by atoms with Gasteiger partial charge < -0.3 is 10.5 Å².